The van der Waals surface area contributed by atoms with Gasteiger partial charge < -0.3 is 10.3 Å². The molecule has 1 amide bonds. The van der Waals surface area contributed by atoms with Crippen molar-refractivity contribution in [3.63, 3.8) is 0 Å². The fraction of sp³-hybridized carbons (Fsp3) is 0.111. The van der Waals surface area contributed by atoms with Crippen LogP contribution < -0.4 is 5.32 Å². The molecule has 0 aliphatic heterocycles. The average Bonchev–Trinajstić information content (AvgIpc) is 2.96. The Kier molecular flexibility index (Phi) is 4.19. The van der Waals surface area contributed by atoms with Crippen molar-refractivity contribution in [2.75, 3.05) is 5.32 Å². The number of anilines is 1. The molecule has 23 heavy (non-hydrogen) atoms. The van der Waals surface area contributed by atoms with Crippen molar-refractivity contribution in [1.29, 1.82) is 0 Å². The second-order valence-corrected chi connectivity index (χ2v) is 5.31. The van der Waals surface area contributed by atoms with Gasteiger partial charge in [-0.25, -0.2) is 9.37 Å². The first kappa shape index (κ1) is 15.0. The zero-order valence-corrected chi connectivity index (χ0v) is 12.6. The van der Waals surface area contributed by atoms with Crippen LogP contribution in [0, 0.1) is 12.7 Å². The minimum Gasteiger partial charge on any atom is -0.342 e. The third kappa shape index (κ3) is 3.83. The van der Waals surface area contributed by atoms with Crippen LogP contribution in [-0.2, 0) is 11.2 Å². The molecule has 1 heterocycles. The number of carbonyl (C=O) groups excluding carboxylic acids is 1. The van der Waals surface area contributed by atoms with Gasteiger partial charge in [0.25, 0.3) is 0 Å². The summed E-state index contributed by atoms with van der Waals surface area (Å²) in [6.45, 7) is 1.89. The number of halogens is 1. The lowest BCUT2D eigenvalue weighted by molar-refractivity contribution is -0.115. The van der Waals surface area contributed by atoms with E-state index in [0.29, 0.717) is 5.69 Å². The highest BCUT2D eigenvalue weighted by molar-refractivity contribution is 5.92. The Bertz CT molecular complexity index is 824. The molecule has 0 fully saturated rings. The van der Waals surface area contributed by atoms with Gasteiger partial charge in [0.2, 0.25) is 5.91 Å². The first-order chi connectivity index (χ1) is 11.1. The molecule has 4 nitrogen and oxygen atoms in total. The van der Waals surface area contributed by atoms with E-state index in [2.05, 4.69) is 15.3 Å². The van der Waals surface area contributed by atoms with Gasteiger partial charge in [-0.05, 0) is 36.8 Å². The molecule has 2 N–H and O–H groups in total. The van der Waals surface area contributed by atoms with Crippen LogP contribution in [0.5, 0.6) is 0 Å². The molecule has 0 unspecified atom stereocenters. The van der Waals surface area contributed by atoms with Crippen molar-refractivity contribution < 1.29 is 9.18 Å². The monoisotopic (exact) mass is 309 g/mol. The molecule has 0 saturated carbocycles. The number of rotatable bonds is 4. The van der Waals surface area contributed by atoms with Crippen molar-refractivity contribution in [3.8, 4) is 11.3 Å². The molecule has 1 aromatic heterocycles. The molecule has 0 saturated heterocycles. The third-order valence-corrected chi connectivity index (χ3v) is 3.44. The number of H-pyrrole nitrogens is 1. The molecule has 0 aliphatic carbocycles. The van der Waals surface area contributed by atoms with Crippen LogP contribution in [0.15, 0.2) is 54.7 Å². The summed E-state index contributed by atoms with van der Waals surface area (Å²) in [5, 5.41) is 2.85. The normalized spacial score (nSPS) is 10.5. The molecule has 0 aliphatic rings. The summed E-state index contributed by atoms with van der Waals surface area (Å²) in [5.41, 5.74) is 3.33. The Hall–Kier alpha value is -2.95. The molecule has 3 rings (SSSR count). The Balaban J connectivity index is 1.70. The maximum Gasteiger partial charge on any atom is 0.228 e. The second kappa shape index (κ2) is 6.44. The number of nitrogens with one attached hydrogen (secondary N) is 2. The number of hydrogen-bond donors (Lipinski definition) is 2. The van der Waals surface area contributed by atoms with Crippen molar-refractivity contribution >= 4 is 11.6 Å². The van der Waals surface area contributed by atoms with E-state index in [1.54, 1.807) is 18.3 Å². The Morgan fingerprint density at radius 3 is 2.70 bits per heavy atom. The van der Waals surface area contributed by atoms with E-state index in [9.17, 15) is 9.18 Å². The molecule has 116 valence electrons. The largest absolute Gasteiger partial charge is 0.342 e. The molecular formula is C18H16FN3O. The Morgan fingerprint density at radius 2 is 2.00 bits per heavy atom. The summed E-state index contributed by atoms with van der Waals surface area (Å²) in [7, 11) is 0. The van der Waals surface area contributed by atoms with Crippen LogP contribution in [0.4, 0.5) is 10.1 Å². The number of hydrogen-bond acceptors (Lipinski definition) is 2. The van der Waals surface area contributed by atoms with E-state index < -0.39 is 0 Å². The fourth-order valence-corrected chi connectivity index (χ4v) is 2.32. The van der Waals surface area contributed by atoms with Crippen LogP contribution in [0.1, 0.15) is 11.4 Å². The number of aromatic nitrogens is 2. The van der Waals surface area contributed by atoms with Gasteiger partial charge >= 0.3 is 0 Å². The van der Waals surface area contributed by atoms with Gasteiger partial charge in [-0.15, -0.1) is 0 Å². The predicted octanol–water partition coefficient (Wildman–Crippen LogP) is 3.71. The van der Waals surface area contributed by atoms with E-state index in [4.69, 9.17) is 0 Å². The van der Waals surface area contributed by atoms with E-state index in [1.807, 2.05) is 31.2 Å². The number of aromatic amines is 1. The molecule has 0 radical (unpaired) electrons. The Morgan fingerprint density at radius 1 is 1.22 bits per heavy atom. The van der Waals surface area contributed by atoms with Gasteiger partial charge in [0, 0.05) is 11.3 Å². The Labute approximate surface area is 133 Å². The van der Waals surface area contributed by atoms with Crippen molar-refractivity contribution in [2.24, 2.45) is 0 Å². The summed E-state index contributed by atoms with van der Waals surface area (Å²) in [6, 6.07) is 13.5. The lowest BCUT2D eigenvalue weighted by Gasteiger charge is -2.07. The zero-order chi connectivity index (χ0) is 16.2. The molecule has 0 spiro atoms. The molecule has 0 bridgehead atoms. The summed E-state index contributed by atoms with van der Waals surface area (Å²) in [6.07, 6.45) is 1.96. The molecule has 0 atom stereocenters. The van der Waals surface area contributed by atoms with Gasteiger partial charge in [0.05, 0.1) is 18.3 Å². The van der Waals surface area contributed by atoms with Crippen LogP contribution in [0.2, 0.25) is 0 Å². The smallest absolute Gasteiger partial charge is 0.228 e. The van der Waals surface area contributed by atoms with E-state index in [0.717, 1.165) is 22.6 Å². The SMILES string of the molecule is Cc1ncc(-c2cccc(NC(=O)Cc3ccc(F)cc3)c2)[nH]1. The number of benzene rings is 2. The summed E-state index contributed by atoms with van der Waals surface area (Å²) in [4.78, 5) is 19.4. The minimum atomic E-state index is -0.309. The van der Waals surface area contributed by atoms with Crippen LogP contribution in [0.3, 0.4) is 0 Å². The fourth-order valence-electron chi connectivity index (χ4n) is 2.32. The molecule has 3 aromatic rings. The lowest BCUT2D eigenvalue weighted by Crippen LogP contribution is -2.14. The van der Waals surface area contributed by atoms with Crippen LogP contribution in [0.25, 0.3) is 11.3 Å². The van der Waals surface area contributed by atoms with Gasteiger partial charge in [-0.1, -0.05) is 24.3 Å². The summed E-state index contributed by atoms with van der Waals surface area (Å²) in [5.74, 6) is 0.386. The highest BCUT2D eigenvalue weighted by Crippen LogP contribution is 2.21. The highest BCUT2D eigenvalue weighted by Gasteiger charge is 2.06. The third-order valence-electron chi connectivity index (χ3n) is 3.44. The van der Waals surface area contributed by atoms with Gasteiger partial charge in [0.15, 0.2) is 0 Å². The lowest BCUT2D eigenvalue weighted by atomic mass is 10.1. The number of imidazole rings is 1. The number of aryl methyl sites for hydroxylation is 1. The standard InChI is InChI=1S/C18H16FN3O/c1-12-20-11-17(21-12)14-3-2-4-16(10-14)22-18(23)9-13-5-7-15(19)8-6-13/h2-8,10-11H,9H2,1H3,(H,20,21)(H,22,23). The average molecular weight is 309 g/mol. The summed E-state index contributed by atoms with van der Waals surface area (Å²) < 4.78 is 12.9. The highest BCUT2D eigenvalue weighted by atomic mass is 19.1. The van der Waals surface area contributed by atoms with E-state index >= 15 is 0 Å². The topological polar surface area (TPSA) is 57.8 Å². The summed E-state index contributed by atoms with van der Waals surface area (Å²) >= 11 is 0. The first-order valence-electron chi connectivity index (χ1n) is 7.26. The zero-order valence-electron chi connectivity index (χ0n) is 12.6. The van der Waals surface area contributed by atoms with Crippen molar-refractivity contribution in [1.82, 2.24) is 9.97 Å². The number of amides is 1. The van der Waals surface area contributed by atoms with Gasteiger partial charge in [-0.3, -0.25) is 4.79 Å². The number of nitrogens with zero attached hydrogens (tertiary/aromatic N) is 1. The molecule has 5 heteroatoms. The maximum atomic E-state index is 12.9. The van der Waals surface area contributed by atoms with Crippen LogP contribution >= 0.6 is 0 Å². The van der Waals surface area contributed by atoms with Crippen molar-refractivity contribution in [2.45, 2.75) is 13.3 Å². The molecule has 2 aromatic carbocycles. The van der Waals surface area contributed by atoms with E-state index in [-0.39, 0.29) is 18.1 Å². The van der Waals surface area contributed by atoms with Gasteiger partial charge in [0.1, 0.15) is 11.6 Å². The van der Waals surface area contributed by atoms with Crippen LogP contribution in [-0.4, -0.2) is 15.9 Å². The van der Waals surface area contributed by atoms with E-state index in [1.165, 1.54) is 12.1 Å². The number of carbonyl (C=O) groups is 1. The van der Waals surface area contributed by atoms with Crippen molar-refractivity contribution in [3.05, 3.63) is 71.9 Å². The van der Waals surface area contributed by atoms with Gasteiger partial charge in [-0.2, -0.15) is 0 Å². The minimum absolute atomic E-state index is 0.144. The first-order valence-corrected chi connectivity index (χ1v) is 7.26. The molecular weight excluding hydrogens is 293 g/mol. The maximum absolute atomic E-state index is 12.9. The quantitative estimate of drug-likeness (QED) is 0.772. The predicted molar refractivity (Wildman–Crippen MR) is 87.5 cm³/mol. The second-order valence-electron chi connectivity index (χ2n) is 5.31.